The summed E-state index contributed by atoms with van der Waals surface area (Å²) in [4.78, 5) is 0. The molecule has 1 aliphatic heterocycles. The van der Waals surface area contributed by atoms with Gasteiger partial charge in [-0.1, -0.05) is 0 Å². The summed E-state index contributed by atoms with van der Waals surface area (Å²) in [7, 11) is -1.23. The van der Waals surface area contributed by atoms with Crippen molar-refractivity contribution in [3.63, 3.8) is 0 Å². The predicted molar refractivity (Wildman–Crippen MR) is 132 cm³/mol. The van der Waals surface area contributed by atoms with E-state index in [0.717, 1.165) is 0 Å². The fourth-order valence-electron chi connectivity index (χ4n) is 4.73. The van der Waals surface area contributed by atoms with Gasteiger partial charge in [-0.2, -0.15) is 0 Å². The Bertz CT molecular complexity index is 296. The third-order valence-electron chi connectivity index (χ3n) is 6.78. The van der Waals surface area contributed by atoms with Crippen molar-refractivity contribution < 1.29 is 9.15 Å². The molecule has 0 aromatic heterocycles. The van der Waals surface area contributed by atoms with Gasteiger partial charge < -0.3 is 0 Å². The molecular weight excluding hydrogens is 379 g/mol. The van der Waals surface area contributed by atoms with E-state index in [4.69, 9.17) is 9.15 Å². The summed E-state index contributed by atoms with van der Waals surface area (Å²) in [6.07, 6.45) is 30.2. The van der Waals surface area contributed by atoms with Crippen molar-refractivity contribution in [2.45, 2.75) is 136 Å². The van der Waals surface area contributed by atoms with Crippen LogP contribution in [-0.2, 0) is 9.15 Å². The molecule has 0 unspecified atom stereocenters. The van der Waals surface area contributed by atoms with Crippen LogP contribution < -0.4 is 0 Å². The molecule has 0 saturated carbocycles. The van der Waals surface area contributed by atoms with Gasteiger partial charge in [-0.05, 0) is 0 Å². The standard InChI is InChI=1S/C24H53O2PSi/c1-4-7-10-13-16-19-22-27(28-25-26-28,23-20-17-14-11-8-5-2)24-21-18-15-12-9-6-3/h27-28H,4-24H2,1-3H3. The van der Waals surface area contributed by atoms with Crippen molar-refractivity contribution in [1.29, 1.82) is 0 Å². The van der Waals surface area contributed by atoms with Crippen molar-refractivity contribution in [2.75, 3.05) is 18.5 Å². The molecule has 0 aromatic rings. The van der Waals surface area contributed by atoms with Gasteiger partial charge in [0.05, 0.1) is 0 Å². The quantitative estimate of drug-likeness (QED) is 0.0563. The van der Waals surface area contributed by atoms with E-state index in [1.54, 1.807) is 0 Å². The van der Waals surface area contributed by atoms with E-state index in [1.807, 2.05) is 0 Å². The van der Waals surface area contributed by atoms with Gasteiger partial charge in [0, 0.05) is 0 Å². The first kappa shape index (κ1) is 26.6. The van der Waals surface area contributed by atoms with Crippen molar-refractivity contribution in [2.24, 2.45) is 0 Å². The second-order valence-corrected chi connectivity index (χ2v) is 19.8. The maximum atomic E-state index is 5.66. The van der Waals surface area contributed by atoms with Gasteiger partial charge >= 0.3 is 180 Å². The third kappa shape index (κ3) is 13.0. The van der Waals surface area contributed by atoms with Crippen molar-refractivity contribution in [3.8, 4) is 0 Å². The van der Waals surface area contributed by atoms with E-state index in [-0.39, 0.29) is 0 Å². The zero-order valence-corrected chi connectivity index (χ0v) is 21.9. The Balaban J connectivity index is 2.39. The first-order chi connectivity index (χ1) is 13.8. The molecule has 0 radical (unpaired) electrons. The average Bonchev–Trinajstić information content (AvgIpc) is 3.55. The van der Waals surface area contributed by atoms with Gasteiger partial charge in [0.2, 0.25) is 0 Å². The van der Waals surface area contributed by atoms with Crippen LogP contribution in [0.5, 0.6) is 0 Å². The van der Waals surface area contributed by atoms with E-state index in [0.29, 0.717) is 0 Å². The van der Waals surface area contributed by atoms with Crippen LogP contribution in [0.25, 0.3) is 0 Å². The van der Waals surface area contributed by atoms with Gasteiger partial charge in [-0.15, -0.1) is 0 Å². The van der Waals surface area contributed by atoms with Gasteiger partial charge in [0.1, 0.15) is 0 Å². The third-order valence-corrected chi connectivity index (χ3v) is 18.4. The molecule has 0 aliphatic carbocycles. The van der Waals surface area contributed by atoms with Crippen LogP contribution >= 0.6 is 6.81 Å². The Labute approximate surface area is 179 Å². The summed E-state index contributed by atoms with van der Waals surface area (Å²) < 4.78 is 11.3. The molecule has 0 aromatic carbocycles. The molecule has 0 spiro atoms. The number of unbranched alkanes of at least 4 members (excludes halogenated alkanes) is 15. The van der Waals surface area contributed by atoms with Crippen LogP contribution in [0.3, 0.4) is 0 Å². The predicted octanol–water partition coefficient (Wildman–Crippen LogP) is 8.50. The van der Waals surface area contributed by atoms with E-state index >= 15 is 0 Å². The van der Waals surface area contributed by atoms with E-state index in [1.165, 1.54) is 134 Å². The topological polar surface area (TPSA) is 25.1 Å². The molecule has 0 amide bonds. The molecule has 1 heterocycles. The molecule has 28 heavy (non-hydrogen) atoms. The summed E-state index contributed by atoms with van der Waals surface area (Å²) >= 11 is 0. The molecule has 1 rings (SSSR count). The van der Waals surface area contributed by atoms with Crippen molar-refractivity contribution in [3.05, 3.63) is 0 Å². The number of hydrogen-bond acceptors (Lipinski definition) is 2. The molecule has 4 heteroatoms. The molecule has 0 N–H and O–H groups in total. The first-order valence-electron chi connectivity index (χ1n) is 13.1. The van der Waals surface area contributed by atoms with Gasteiger partial charge in [-0.3, -0.25) is 0 Å². The Hall–Kier alpha value is 0.567. The average molecular weight is 433 g/mol. The minimum atomic E-state index is -1.27. The molecular formula is C24H53O2PSi. The molecule has 1 saturated heterocycles. The Morgan fingerprint density at radius 3 is 1.00 bits per heavy atom. The summed E-state index contributed by atoms with van der Waals surface area (Å²) in [6.45, 7) is 5.66. The molecule has 170 valence electrons. The summed E-state index contributed by atoms with van der Waals surface area (Å²) in [6, 6.07) is 0. The maximum absolute atomic E-state index is 5.66. The fourth-order valence-corrected chi connectivity index (χ4v) is 15.4. The van der Waals surface area contributed by atoms with Crippen molar-refractivity contribution in [1.82, 2.24) is 0 Å². The Morgan fingerprint density at radius 1 is 0.429 bits per heavy atom. The molecule has 0 bridgehead atoms. The molecule has 1 fully saturated rings. The van der Waals surface area contributed by atoms with Crippen LogP contribution in [-0.4, -0.2) is 27.4 Å². The van der Waals surface area contributed by atoms with Crippen LogP contribution in [0, 0.1) is 0 Å². The monoisotopic (exact) mass is 432 g/mol. The first-order valence-corrected chi connectivity index (χ1v) is 18.5. The van der Waals surface area contributed by atoms with E-state index in [9.17, 15) is 0 Å². The minimum absolute atomic E-state index is 1.23. The SMILES string of the molecule is CCCCCCCC[PH](CCCCCCCC)(CCCCCCCC)[SiH]1OO1. The second kappa shape index (κ2) is 18.3. The number of rotatable bonds is 22. The Kier molecular flexibility index (Phi) is 17.4. The van der Waals surface area contributed by atoms with E-state index < -0.39 is 15.8 Å². The summed E-state index contributed by atoms with van der Waals surface area (Å²) in [5, 5.41) is 0. The van der Waals surface area contributed by atoms with Crippen LogP contribution in [0.2, 0.25) is 0 Å². The normalized spacial score (nSPS) is 15.2. The summed E-state index contributed by atoms with van der Waals surface area (Å²) in [5.41, 5.74) is 0. The number of hydrogen-bond donors (Lipinski definition) is 0. The van der Waals surface area contributed by atoms with Crippen LogP contribution in [0.4, 0.5) is 0 Å². The molecule has 1 aliphatic rings. The van der Waals surface area contributed by atoms with Gasteiger partial charge in [-0.25, -0.2) is 0 Å². The van der Waals surface area contributed by atoms with E-state index in [2.05, 4.69) is 20.8 Å². The molecule has 0 atom stereocenters. The zero-order valence-electron chi connectivity index (χ0n) is 19.7. The Morgan fingerprint density at radius 2 is 0.714 bits per heavy atom. The molecule has 2 nitrogen and oxygen atoms in total. The fraction of sp³-hybridized carbons (Fsp3) is 1.00. The summed E-state index contributed by atoms with van der Waals surface area (Å²) in [5.74, 6) is 0. The zero-order chi connectivity index (χ0) is 20.3. The van der Waals surface area contributed by atoms with Crippen LogP contribution in [0.1, 0.15) is 136 Å². The second-order valence-electron chi connectivity index (χ2n) is 9.44. The van der Waals surface area contributed by atoms with Crippen LogP contribution in [0.15, 0.2) is 0 Å². The van der Waals surface area contributed by atoms with Gasteiger partial charge in [0.15, 0.2) is 0 Å². The van der Waals surface area contributed by atoms with Gasteiger partial charge in [0.25, 0.3) is 0 Å². The van der Waals surface area contributed by atoms with Crippen molar-refractivity contribution >= 4 is 15.8 Å².